The highest BCUT2D eigenvalue weighted by atomic mass is 16.1. The second-order valence-electron chi connectivity index (χ2n) is 5.51. The molecule has 1 atom stereocenters. The van der Waals surface area contributed by atoms with E-state index in [9.17, 15) is 4.79 Å². The molecule has 4 N–H and O–H groups in total. The Hall–Kier alpha value is -1.39. The Morgan fingerprint density at radius 1 is 1.50 bits per heavy atom. The van der Waals surface area contributed by atoms with Crippen molar-refractivity contribution in [2.75, 3.05) is 18.9 Å². The summed E-state index contributed by atoms with van der Waals surface area (Å²) in [7, 11) is 1.97. The van der Waals surface area contributed by atoms with Crippen LogP contribution in [-0.2, 0) is 11.2 Å². The molecule has 2 aliphatic rings. The Kier molecular flexibility index (Phi) is 2.64. The average Bonchev–Trinajstić information content (AvgIpc) is 3.02. The van der Waals surface area contributed by atoms with Gasteiger partial charge in [-0.1, -0.05) is 12.1 Å². The van der Waals surface area contributed by atoms with Crippen molar-refractivity contribution in [3.8, 4) is 0 Å². The second-order valence-corrected chi connectivity index (χ2v) is 5.51. The first-order valence-corrected chi connectivity index (χ1v) is 6.47. The minimum atomic E-state index is 0.0611. The standard InChI is InChI=1S/C14H19N3O/c1-16-8-14(4-5-14)13(15)9-2-3-11-10(6-9)7-12(18)17-11/h2-3,6,13,16H,4-5,7-8,15H2,1H3,(H,17,18). The lowest BCUT2D eigenvalue weighted by atomic mass is 9.89. The molecule has 18 heavy (non-hydrogen) atoms. The first-order chi connectivity index (χ1) is 8.64. The Morgan fingerprint density at radius 2 is 2.28 bits per heavy atom. The molecule has 1 saturated carbocycles. The van der Waals surface area contributed by atoms with Gasteiger partial charge in [-0.15, -0.1) is 0 Å². The number of rotatable bonds is 4. The molecule has 4 heteroatoms. The van der Waals surface area contributed by atoms with Crippen molar-refractivity contribution in [1.29, 1.82) is 0 Å². The van der Waals surface area contributed by atoms with Crippen molar-refractivity contribution in [1.82, 2.24) is 5.32 Å². The van der Waals surface area contributed by atoms with Gasteiger partial charge in [0.25, 0.3) is 0 Å². The van der Waals surface area contributed by atoms with Gasteiger partial charge in [-0.25, -0.2) is 0 Å². The average molecular weight is 245 g/mol. The number of nitrogens with one attached hydrogen (secondary N) is 2. The van der Waals surface area contributed by atoms with Crippen molar-refractivity contribution in [2.45, 2.75) is 25.3 Å². The monoisotopic (exact) mass is 245 g/mol. The van der Waals surface area contributed by atoms with Crippen LogP contribution in [0.25, 0.3) is 0 Å². The summed E-state index contributed by atoms with van der Waals surface area (Å²) in [4.78, 5) is 11.3. The van der Waals surface area contributed by atoms with Gasteiger partial charge in [0.1, 0.15) is 0 Å². The van der Waals surface area contributed by atoms with Crippen LogP contribution >= 0.6 is 0 Å². The molecule has 1 aliphatic carbocycles. The molecule has 4 nitrogen and oxygen atoms in total. The lowest BCUT2D eigenvalue weighted by molar-refractivity contribution is -0.115. The summed E-state index contributed by atoms with van der Waals surface area (Å²) in [6, 6.07) is 6.18. The fourth-order valence-electron chi connectivity index (χ4n) is 2.91. The molecule has 3 rings (SSSR count). The zero-order valence-corrected chi connectivity index (χ0v) is 10.6. The molecule has 1 aromatic rings. The highest BCUT2D eigenvalue weighted by Crippen LogP contribution is 2.53. The predicted octanol–water partition coefficient (Wildman–Crippen LogP) is 1.18. The normalized spacial score (nSPS) is 21.3. The largest absolute Gasteiger partial charge is 0.326 e. The minimum Gasteiger partial charge on any atom is -0.326 e. The van der Waals surface area contributed by atoms with Gasteiger partial charge >= 0.3 is 0 Å². The number of anilines is 1. The summed E-state index contributed by atoms with van der Waals surface area (Å²) >= 11 is 0. The van der Waals surface area contributed by atoms with E-state index in [1.807, 2.05) is 19.2 Å². The van der Waals surface area contributed by atoms with E-state index in [1.54, 1.807) is 0 Å². The molecule has 1 heterocycles. The second kappa shape index (κ2) is 4.07. The summed E-state index contributed by atoms with van der Waals surface area (Å²) in [5.74, 6) is 0.0760. The van der Waals surface area contributed by atoms with E-state index in [-0.39, 0.29) is 17.4 Å². The third kappa shape index (κ3) is 1.82. The minimum absolute atomic E-state index is 0.0611. The van der Waals surface area contributed by atoms with Gasteiger partial charge in [0.15, 0.2) is 0 Å². The number of carbonyl (C=O) groups excluding carboxylic acids is 1. The molecule has 1 aromatic carbocycles. The van der Waals surface area contributed by atoms with Crippen LogP contribution in [0.5, 0.6) is 0 Å². The van der Waals surface area contributed by atoms with Gasteiger partial charge in [0.2, 0.25) is 5.91 Å². The van der Waals surface area contributed by atoms with Crippen molar-refractivity contribution >= 4 is 11.6 Å². The number of carbonyl (C=O) groups is 1. The number of fused-ring (bicyclic) bond motifs is 1. The van der Waals surface area contributed by atoms with E-state index in [0.717, 1.165) is 23.4 Å². The van der Waals surface area contributed by atoms with Crippen LogP contribution in [0.4, 0.5) is 5.69 Å². The summed E-state index contributed by atoms with van der Waals surface area (Å²) < 4.78 is 0. The molecule has 0 radical (unpaired) electrons. The van der Waals surface area contributed by atoms with E-state index in [1.165, 1.54) is 12.8 Å². The van der Waals surface area contributed by atoms with Crippen LogP contribution in [0.3, 0.4) is 0 Å². The SMILES string of the molecule is CNCC1(C(N)c2ccc3c(c2)CC(=O)N3)CC1. The molecule has 96 valence electrons. The number of hydrogen-bond acceptors (Lipinski definition) is 3. The zero-order chi connectivity index (χ0) is 12.8. The molecule has 1 unspecified atom stereocenters. The first kappa shape index (κ1) is 11.7. The van der Waals surface area contributed by atoms with E-state index in [0.29, 0.717) is 6.42 Å². The topological polar surface area (TPSA) is 67.1 Å². The van der Waals surface area contributed by atoms with E-state index < -0.39 is 0 Å². The quantitative estimate of drug-likeness (QED) is 0.746. The smallest absolute Gasteiger partial charge is 0.228 e. The fourth-order valence-corrected chi connectivity index (χ4v) is 2.91. The number of nitrogens with two attached hydrogens (primary N) is 1. The van der Waals surface area contributed by atoms with Gasteiger partial charge in [-0.3, -0.25) is 4.79 Å². The Morgan fingerprint density at radius 3 is 2.94 bits per heavy atom. The third-order valence-electron chi connectivity index (χ3n) is 4.19. The summed E-state index contributed by atoms with van der Waals surface area (Å²) in [6.45, 7) is 0.961. The summed E-state index contributed by atoms with van der Waals surface area (Å²) in [5.41, 5.74) is 9.79. The van der Waals surface area contributed by atoms with Crippen molar-refractivity contribution in [3.63, 3.8) is 0 Å². The van der Waals surface area contributed by atoms with Crippen LogP contribution in [0, 0.1) is 5.41 Å². The highest BCUT2D eigenvalue weighted by Gasteiger charge is 2.47. The first-order valence-electron chi connectivity index (χ1n) is 6.47. The van der Waals surface area contributed by atoms with Crippen molar-refractivity contribution < 1.29 is 4.79 Å². The number of amides is 1. The Labute approximate surface area is 107 Å². The van der Waals surface area contributed by atoms with Crippen LogP contribution in [-0.4, -0.2) is 19.5 Å². The van der Waals surface area contributed by atoms with Crippen molar-refractivity contribution in [3.05, 3.63) is 29.3 Å². The summed E-state index contributed by atoms with van der Waals surface area (Å²) in [6.07, 6.45) is 2.85. The van der Waals surface area contributed by atoms with E-state index >= 15 is 0 Å². The highest BCUT2D eigenvalue weighted by molar-refractivity contribution is 5.99. The number of hydrogen-bond donors (Lipinski definition) is 3. The van der Waals surface area contributed by atoms with Crippen LogP contribution < -0.4 is 16.4 Å². The molecule has 0 spiro atoms. The van der Waals surface area contributed by atoms with Gasteiger partial charge in [-0.2, -0.15) is 0 Å². The maximum atomic E-state index is 11.3. The van der Waals surface area contributed by atoms with Crippen LogP contribution in [0.2, 0.25) is 0 Å². The lowest BCUT2D eigenvalue weighted by Crippen LogP contribution is -2.31. The predicted molar refractivity (Wildman–Crippen MR) is 71.3 cm³/mol. The molecule has 1 amide bonds. The molecule has 0 bridgehead atoms. The maximum absolute atomic E-state index is 11.3. The zero-order valence-electron chi connectivity index (χ0n) is 10.6. The third-order valence-corrected chi connectivity index (χ3v) is 4.19. The van der Waals surface area contributed by atoms with Gasteiger partial charge < -0.3 is 16.4 Å². The lowest BCUT2D eigenvalue weighted by Gasteiger charge is -2.24. The van der Waals surface area contributed by atoms with Crippen LogP contribution in [0.15, 0.2) is 18.2 Å². The van der Waals surface area contributed by atoms with Crippen LogP contribution in [0.1, 0.15) is 30.0 Å². The maximum Gasteiger partial charge on any atom is 0.228 e. The van der Waals surface area contributed by atoms with Gasteiger partial charge in [0, 0.05) is 23.7 Å². The Balaban J connectivity index is 1.85. The van der Waals surface area contributed by atoms with Gasteiger partial charge in [0.05, 0.1) is 6.42 Å². The van der Waals surface area contributed by atoms with Gasteiger partial charge in [-0.05, 0) is 37.1 Å². The number of benzene rings is 1. The van der Waals surface area contributed by atoms with E-state index in [2.05, 4.69) is 16.7 Å². The molecule has 0 saturated heterocycles. The van der Waals surface area contributed by atoms with E-state index in [4.69, 9.17) is 5.73 Å². The molecular weight excluding hydrogens is 226 g/mol. The van der Waals surface area contributed by atoms with Crippen molar-refractivity contribution in [2.24, 2.45) is 11.1 Å². The molecular formula is C14H19N3O. The fraction of sp³-hybridized carbons (Fsp3) is 0.500. The molecule has 1 fully saturated rings. The summed E-state index contributed by atoms with van der Waals surface area (Å²) in [5, 5.41) is 6.09. The molecule has 0 aromatic heterocycles. The Bertz CT molecular complexity index is 494. The molecule has 1 aliphatic heterocycles.